The molecule has 29 heavy (non-hydrogen) atoms. The summed E-state index contributed by atoms with van der Waals surface area (Å²) in [5.74, 6) is 0. The van der Waals surface area contributed by atoms with Gasteiger partial charge in [0, 0.05) is 0 Å². The van der Waals surface area contributed by atoms with Crippen LogP contribution in [0.2, 0.25) is 0 Å². The highest BCUT2D eigenvalue weighted by Crippen LogP contribution is 2.28. The Hall–Kier alpha value is -3.64. The van der Waals surface area contributed by atoms with E-state index in [1.54, 1.807) is 0 Å². The Morgan fingerprint density at radius 3 is 1.72 bits per heavy atom. The number of fused-ring (bicyclic) bond motifs is 2. The molecule has 0 heteroatoms. The topological polar surface area (TPSA) is 0 Å². The molecule has 5 rings (SSSR count). The fraction of sp³-hybridized carbons (Fsp3) is 0.0345. The van der Waals surface area contributed by atoms with E-state index in [0.717, 1.165) is 0 Å². The molecule has 0 aliphatic heterocycles. The average Bonchev–Trinajstić information content (AvgIpc) is 2.77. The molecule has 0 unspecified atom stereocenters. The third kappa shape index (κ3) is 3.70. The summed E-state index contributed by atoms with van der Waals surface area (Å²) in [6.45, 7) is 2.14. The summed E-state index contributed by atoms with van der Waals surface area (Å²) in [5.41, 5.74) is 6.25. The van der Waals surface area contributed by atoms with Crippen LogP contribution in [0.1, 0.15) is 16.7 Å². The molecule has 138 valence electrons. The lowest BCUT2D eigenvalue weighted by Crippen LogP contribution is -1.82. The van der Waals surface area contributed by atoms with E-state index in [1.807, 2.05) is 6.07 Å². The Labute approximate surface area is 171 Å². The second-order valence-corrected chi connectivity index (χ2v) is 7.63. The predicted octanol–water partition coefficient (Wildman–Crippen LogP) is 8.14. The Morgan fingerprint density at radius 2 is 1.00 bits per heavy atom. The van der Waals surface area contributed by atoms with Crippen molar-refractivity contribution < 1.29 is 0 Å². The standard InChI is InChI=1S/C29H22/c1-21-7-11-26-19-28(15-13-24(26)17-21)29-16-14-25-18-23(10-12-27(25)20-29)9-8-22-5-3-2-4-6-22/h2-20H,1H3/b9-8+. The Kier molecular flexibility index (Phi) is 4.46. The number of aryl methyl sites for hydroxylation is 1. The highest BCUT2D eigenvalue weighted by molar-refractivity contribution is 5.92. The van der Waals surface area contributed by atoms with Gasteiger partial charge in [-0.3, -0.25) is 0 Å². The maximum atomic E-state index is 2.29. The SMILES string of the molecule is Cc1ccc2cc(-c3ccc4cc(/C=C/c5ccccc5)ccc4c3)ccc2c1. The maximum Gasteiger partial charge on any atom is -0.0177 e. The fourth-order valence-electron chi connectivity index (χ4n) is 3.85. The van der Waals surface area contributed by atoms with Gasteiger partial charge in [0.15, 0.2) is 0 Å². The van der Waals surface area contributed by atoms with Crippen molar-refractivity contribution >= 4 is 33.7 Å². The first-order chi connectivity index (χ1) is 14.2. The third-order valence-electron chi connectivity index (χ3n) is 5.46. The van der Waals surface area contributed by atoms with Crippen LogP contribution < -0.4 is 0 Å². The van der Waals surface area contributed by atoms with E-state index in [2.05, 4.69) is 116 Å². The van der Waals surface area contributed by atoms with Crippen LogP contribution in [0.4, 0.5) is 0 Å². The second kappa shape index (κ2) is 7.41. The number of hydrogen-bond acceptors (Lipinski definition) is 0. The monoisotopic (exact) mass is 370 g/mol. The van der Waals surface area contributed by atoms with Crippen LogP contribution in [0.5, 0.6) is 0 Å². The lowest BCUT2D eigenvalue weighted by molar-refractivity contribution is 1.50. The van der Waals surface area contributed by atoms with Crippen LogP contribution in [-0.4, -0.2) is 0 Å². The summed E-state index contributed by atoms with van der Waals surface area (Å²) in [7, 11) is 0. The van der Waals surface area contributed by atoms with Crippen LogP contribution in [-0.2, 0) is 0 Å². The van der Waals surface area contributed by atoms with E-state index in [4.69, 9.17) is 0 Å². The summed E-state index contributed by atoms with van der Waals surface area (Å²) >= 11 is 0. The lowest BCUT2D eigenvalue weighted by atomic mass is 9.97. The van der Waals surface area contributed by atoms with Gasteiger partial charge in [0.25, 0.3) is 0 Å². The normalized spacial score (nSPS) is 11.5. The molecule has 0 spiro atoms. The maximum absolute atomic E-state index is 2.29. The number of rotatable bonds is 3. The predicted molar refractivity (Wildman–Crippen MR) is 127 cm³/mol. The van der Waals surface area contributed by atoms with Gasteiger partial charge < -0.3 is 0 Å². The minimum atomic E-state index is 1.22. The molecular weight excluding hydrogens is 348 g/mol. The van der Waals surface area contributed by atoms with Crippen molar-refractivity contribution in [2.24, 2.45) is 0 Å². The second-order valence-electron chi connectivity index (χ2n) is 7.63. The van der Waals surface area contributed by atoms with Crippen molar-refractivity contribution in [3.63, 3.8) is 0 Å². The first-order valence-electron chi connectivity index (χ1n) is 10.0. The number of benzene rings is 5. The smallest absolute Gasteiger partial charge is 0.0177 e. The molecule has 5 aromatic carbocycles. The van der Waals surface area contributed by atoms with E-state index >= 15 is 0 Å². The summed E-state index contributed by atoms with van der Waals surface area (Å²) < 4.78 is 0. The lowest BCUT2D eigenvalue weighted by Gasteiger charge is -2.07. The molecule has 0 aromatic heterocycles. The van der Waals surface area contributed by atoms with Crippen molar-refractivity contribution in [1.82, 2.24) is 0 Å². The summed E-state index contributed by atoms with van der Waals surface area (Å²) in [5, 5.41) is 5.11. The Balaban J connectivity index is 1.48. The van der Waals surface area contributed by atoms with Gasteiger partial charge in [0.05, 0.1) is 0 Å². The van der Waals surface area contributed by atoms with Crippen LogP contribution in [0, 0.1) is 6.92 Å². The molecule has 0 aliphatic carbocycles. The minimum Gasteiger partial charge on any atom is -0.0622 e. The molecule has 0 radical (unpaired) electrons. The molecular formula is C29H22. The zero-order chi connectivity index (χ0) is 19.6. The van der Waals surface area contributed by atoms with Crippen molar-refractivity contribution in [3.8, 4) is 11.1 Å². The van der Waals surface area contributed by atoms with E-state index in [-0.39, 0.29) is 0 Å². The quantitative estimate of drug-likeness (QED) is 0.281. The first kappa shape index (κ1) is 17.5. The molecule has 0 aliphatic rings. The molecule has 0 bridgehead atoms. The molecule has 0 saturated heterocycles. The zero-order valence-corrected chi connectivity index (χ0v) is 16.5. The fourth-order valence-corrected chi connectivity index (χ4v) is 3.85. The van der Waals surface area contributed by atoms with Crippen molar-refractivity contribution in [2.45, 2.75) is 6.92 Å². The van der Waals surface area contributed by atoms with E-state index in [1.165, 1.54) is 49.4 Å². The first-order valence-corrected chi connectivity index (χ1v) is 10.0. The zero-order valence-electron chi connectivity index (χ0n) is 16.5. The molecule has 0 heterocycles. The molecule has 0 saturated carbocycles. The van der Waals surface area contributed by atoms with Crippen LogP contribution in [0.15, 0.2) is 103 Å². The van der Waals surface area contributed by atoms with Gasteiger partial charge in [-0.05, 0) is 68.9 Å². The highest BCUT2D eigenvalue weighted by atomic mass is 14.1. The molecule has 0 atom stereocenters. The van der Waals surface area contributed by atoms with Crippen molar-refractivity contribution in [2.75, 3.05) is 0 Å². The van der Waals surface area contributed by atoms with Gasteiger partial charge >= 0.3 is 0 Å². The largest absolute Gasteiger partial charge is 0.0622 e. The van der Waals surface area contributed by atoms with Crippen LogP contribution in [0.3, 0.4) is 0 Å². The van der Waals surface area contributed by atoms with Gasteiger partial charge in [-0.15, -0.1) is 0 Å². The van der Waals surface area contributed by atoms with Crippen LogP contribution >= 0.6 is 0 Å². The van der Waals surface area contributed by atoms with Gasteiger partial charge in [-0.2, -0.15) is 0 Å². The Bertz CT molecular complexity index is 1340. The summed E-state index contributed by atoms with van der Waals surface area (Å²) in [6.07, 6.45) is 4.33. The summed E-state index contributed by atoms with van der Waals surface area (Å²) in [4.78, 5) is 0. The number of hydrogen-bond donors (Lipinski definition) is 0. The van der Waals surface area contributed by atoms with E-state index in [9.17, 15) is 0 Å². The third-order valence-corrected chi connectivity index (χ3v) is 5.46. The molecule has 0 amide bonds. The highest BCUT2D eigenvalue weighted by Gasteiger charge is 2.03. The summed E-state index contributed by atoms with van der Waals surface area (Å²) in [6, 6.07) is 37.2. The van der Waals surface area contributed by atoms with E-state index < -0.39 is 0 Å². The van der Waals surface area contributed by atoms with E-state index in [0.29, 0.717) is 0 Å². The van der Waals surface area contributed by atoms with Crippen molar-refractivity contribution in [1.29, 1.82) is 0 Å². The molecule has 0 nitrogen and oxygen atoms in total. The molecule has 0 fully saturated rings. The van der Waals surface area contributed by atoms with Gasteiger partial charge in [0.1, 0.15) is 0 Å². The molecule has 0 N–H and O–H groups in total. The average molecular weight is 370 g/mol. The van der Waals surface area contributed by atoms with Gasteiger partial charge in [0.2, 0.25) is 0 Å². The van der Waals surface area contributed by atoms with Gasteiger partial charge in [-0.1, -0.05) is 103 Å². The van der Waals surface area contributed by atoms with Crippen LogP contribution in [0.25, 0.3) is 44.8 Å². The van der Waals surface area contributed by atoms with Gasteiger partial charge in [-0.25, -0.2) is 0 Å². The Morgan fingerprint density at radius 1 is 0.448 bits per heavy atom. The molecule has 5 aromatic rings. The van der Waals surface area contributed by atoms with Crippen molar-refractivity contribution in [3.05, 3.63) is 120 Å². The minimum absolute atomic E-state index is 1.22.